The maximum absolute atomic E-state index is 12.8. The molecule has 0 saturated heterocycles. The number of carbonyl (C=O) groups is 1. The third kappa shape index (κ3) is 3.82. The zero-order valence-electron chi connectivity index (χ0n) is 22.9. The van der Waals surface area contributed by atoms with Crippen molar-refractivity contribution in [3.8, 4) is 0 Å². The zero-order valence-corrected chi connectivity index (χ0v) is 22.9. The molecule has 186 valence electrons. The van der Waals surface area contributed by atoms with Gasteiger partial charge in [0.1, 0.15) is 5.78 Å². The summed E-state index contributed by atoms with van der Waals surface area (Å²) in [6, 6.07) is 0. The second-order valence-electron chi connectivity index (χ2n) is 13.6. The summed E-state index contributed by atoms with van der Waals surface area (Å²) < 4.78 is 5.92. The summed E-state index contributed by atoms with van der Waals surface area (Å²) in [6.45, 7) is 20.9. The van der Waals surface area contributed by atoms with Crippen molar-refractivity contribution >= 4 is 5.78 Å². The molecule has 4 rings (SSSR count). The molecule has 0 aromatic carbocycles. The van der Waals surface area contributed by atoms with E-state index in [4.69, 9.17) is 4.74 Å². The van der Waals surface area contributed by atoms with Crippen LogP contribution in [0, 0.1) is 45.8 Å². The van der Waals surface area contributed by atoms with E-state index in [9.17, 15) is 4.79 Å². The van der Waals surface area contributed by atoms with Crippen molar-refractivity contribution < 1.29 is 9.53 Å². The first-order chi connectivity index (χ1) is 15.4. The highest BCUT2D eigenvalue weighted by Crippen LogP contribution is 2.67. The Morgan fingerprint density at radius 1 is 1.03 bits per heavy atom. The third-order valence-corrected chi connectivity index (χ3v) is 11.5. The fourth-order valence-corrected chi connectivity index (χ4v) is 9.35. The van der Waals surface area contributed by atoms with E-state index >= 15 is 0 Å². The van der Waals surface area contributed by atoms with E-state index in [0.717, 1.165) is 31.1 Å². The standard InChI is InChI=1S/C31H50O2/c1-19(2)21(4)26(33-9)18-20(3)23-11-12-24-22-10-13-27-29(5,6)28(32)15-17-31(27,8)25(22)14-16-30(23,24)7/h19-20,23-24,26-27H,4,10-18H2,1-3,5-9H3. The number of ketones is 1. The van der Waals surface area contributed by atoms with E-state index in [1.165, 1.54) is 44.1 Å². The SMILES string of the molecule is C=C(C(C)C)C(CC(C)C1CCC2C3=C(CCC21C)C1(C)CCC(=O)C(C)(C)C1CC3)OC. The monoisotopic (exact) mass is 454 g/mol. The number of hydrogen-bond donors (Lipinski definition) is 0. The number of hydrogen-bond acceptors (Lipinski definition) is 2. The number of allylic oxidation sites excluding steroid dienone is 2. The minimum Gasteiger partial charge on any atom is -0.377 e. The van der Waals surface area contributed by atoms with Gasteiger partial charge in [-0.25, -0.2) is 0 Å². The van der Waals surface area contributed by atoms with Gasteiger partial charge in [0.15, 0.2) is 0 Å². The maximum Gasteiger partial charge on any atom is 0.138 e. The van der Waals surface area contributed by atoms with Crippen LogP contribution in [0.5, 0.6) is 0 Å². The Hall–Kier alpha value is -0.890. The van der Waals surface area contributed by atoms with Crippen LogP contribution in [0.3, 0.4) is 0 Å². The molecule has 0 spiro atoms. The fourth-order valence-electron chi connectivity index (χ4n) is 9.35. The summed E-state index contributed by atoms with van der Waals surface area (Å²) in [5.74, 6) is 3.67. The number of ether oxygens (including phenoxy) is 1. The topological polar surface area (TPSA) is 26.3 Å². The fraction of sp³-hybridized carbons (Fsp3) is 0.839. The minimum atomic E-state index is -0.160. The Morgan fingerprint density at radius 3 is 2.36 bits per heavy atom. The molecule has 2 saturated carbocycles. The Balaban J connectivity index is 1.58. The van der Waals surface area contributed by atoms with Crippen molar-refractivity contribution in [1.82, 2.24) is 0 Å². The minimum absolute atomic E-state index is 0.160. The quantitative estimate of drug-likeness (QED) is 0.378. The van der Waals surface area contributed by atoms with Crippen LogP contribution in [-0.4, -0.2) is 19.0 Å². The summed E-state index contributed by atoms with van der Waals surface area (Å²) in [5, 5.41) is 0. The molecule has 33 heavy (non-hydrogen) atoms. The second-order valence-corrected chi connectivity index (χ2v) is 13.6. The summed E-state index contributed by atoms with van der Waals surface area (Å²) in [6.07, 6.45) is 10.9. The first-order valence-electron chi connectivity index (χ1n) is 13.8. The molecule has 0 bridgehead atoms. The van der Waals surface area contributed by atoms with Gasteiger partial charge in [0.05, 0.1) is 6.10 Å². The lowest BCUT2D eigenvalue weighted by Gasteiger charge is -2.58. The average Bonchev–Trinajstić information content (AvgIpc) is 3.11. The molecule has 0 aromatic heterocycles. The van der Waals surface area contributed by atoms with Crippen LogP contribution >= 0.6 is 0 Å². The van der Waals surface area contributed by atoms with Gasteiger partial charge in [-0.05, 0) is 97.4 Å². The highest BCUT2D eigenvalue weighted by molar-refractivity contribution is 5.85. The first-order valence-corrected chi connectivity index (χ1v) is 13.8. The van der Waals surface area contributed by atoms with Gasteiger partial charge in [-0.3, -0.25) is 4.79 Å². The Bertz CT molecular complexity index is 832. The maximum atomic E-state index is 12.8. The number of fused-ring (bicyclic) bond motifs is 4. The largest absolute Gasteiger partial charge is 0.377 e. The molecule has 2 nitrogen and oxygen atoms in total. The van der Waals surface area contributed by atoms with Crippen molar-refractivity contribution in [2.45, 2.75) is 112 Å². The number of methoxy groups -OCH3 is 1. The zero-order chi connectivity index (χ0) is 24.3. The molecule has 4 aliphatic carbocycles. The molecule has 0 aliphatic heterocycles. The Labute approximate surface area is 204 Å². The molecular weight excluding hydrogens is 404 g/mol. The van der Waals surface area contributed by atoms with E-state index < -0.39 is 0 Å². The molecular formula is C31H50O2. The van der Waals surface area contributed by atoms with Crippen molar-refractivity contribution in [3.63, 3.8) is 0 Å². The highest BCUT2D eigenvalue weighted by atomic mass is 16.5. The summed E-state index contributed by atoms with van der Waals surface area (Å²) >= 11 is 0. The lowest BCUT2D eigenvalue weighted by atomic mass is 9.46. The smallest absolute Gasteiger partial charge is 0.138 e. The first kappa shape index (κ1) is 25.2. The molecule has 0 N–H and O–H groups in total. The molecule has 0 heterocycles. The highest BCUT2D eigenvalue weighted by Gasteiger charge is 2.59. The molecule has 2 fully saturated rings. The van der Waals surface area contributed by atoms with Gasteiger partial charge >= 0.3 is 0 Å². The van der Waals surface area contributed by atoms with Crippen LogP contribution in [0.4, 0.5) is 0 Å². The van der Waals surface area contributed by atoms with Gasteiger partial charge in [-0.15, -0.1) is 0 Å². The van der Waals surface area contributed by atoms with Gasteiger partial charge in [0.25, 0.3) is 0 Å². The van der Waals surface area contributed by atoms with Crippen molar-refractivity contribution in [2.75, 3.05) is 7.11 Å². The van der Waals surface area contributed by atoms with Crippen molar-refractivity contribution in [3.05, 3.63) is 23.3 Å². The van der Waals surface area contributed by atoms with Crippen LogP contribution in [0.25, 0.3) is 0 Å². The normalized spacial score (nSPS) is 39.7. The average molecular weight is 455 g/mol. The molecule has 2 heteroatoms. The van der Waals surface area contributed by atoms with Gasteiger partial charge in [0, 0.05) is 18.9 Å². The second kappa shape index (κ2) is 8.65. The van der Waals surface area contributed by atoms with Gasteiger partial charge in [0.2, 0.25) is 0 Å². The van der Waals surface area contributed by atoms with Gasteiger partial charge in [-0.1, -0.05) is 66.2 Å². The lowest BCUT2D eigenvalue weighted by molar-refractivity contribution is -0.139. The van der Waals surface area contributed by atoms with E-state index in [0.29, 0.717) is 29.0 Å². The van der Waals surface area contributed by atoms with Crippen LogP contribution in [0.1, 0.15) is 106 Å². The predicted molar refractivity (Wildman–Crippen MR) is 138 cm³/mol. The number of Topliss-reactive ketones (excluding diaryl/α,β-unsaturated/α-hetero) is 1. The Kier molecular flexibility index (Phi) is 6.61. The summed E-state index contributed by atoms with van der Waals surface area (Å²) in [4.78, 5) is 12.8. The van der Waals surface area contributed by atoms with Crippen LogP contribution in [0.15, 0.2) is 23.3 Å². The molecule has 7 unspecified atom stereocenters. The lowest BCUT2D eigenvalue weighted by Crippen LogP contribution is -2.52. The molecule has 4 aliphatic rings. The van der Waals surface area contributed by atoms with Crippen LogP contribution in [-0.2, 0) is 9.53 Å². The Morgan fingerprint density at radius 2 is 1.73 bits per heavy atom. The van der Waals surface area contributed by atoms with E-state index in [-0.39, 0.29) is 16.9 Å². The molecule has 7 atom stereocenters. The molecule has 0 amide bonds. The van der Waals surface area contributed by atoms with Crippen molar-refractivity contribution in [1.29, 1.82) is 0 Å². The van der Waals surface area contributed by atoms with E-state index in [1.54, 1.807) is 5.57 Å². The van der Waals surface area contributed by atoms with Crippen molar-refractivity contribution in [2.24, 2.45) is 45.8 Å². The summed E-state index contributed by atoms with van der Waals surface area (Å²) in [5.41, 5.74) is 5.37. The van der Waals surface area contributed by atoms with Gasteiger partial charge in [-0.2, -0.15) is 0 Å². The predicted octanol–water partition coefficient (Wildman–Crippen LogP) is 8.17. The van der Waals surface area contributed by atoms with Crippen LogP contribution < -0.4 is 0 Å². The van der Waals surface area contributed by atoms with Gasteiger partial charge < -0.3 is 4.74 Å². The van der Waals surface area contributed by atoms with E-state index in [1.807, 2.05) is 12.7 Å². The summed E-state index contributed by atoms with van der Waals surface area (Å²) in [7, 11) is 1.86. The number of rotatable bonds is 6. The number of carbonyl (C=O) groups excluding carboxylic acids is 1. The molecule has 0 radical (unpaired) electrons. The van der Waals surface area contributed by atoms with Crippen LogP contribution in [0.2, 0.25) is 0 Å². The molecule has 0 aromatic rings. The third-order valence-electron chi connectivity index (χ3n) is 11.5. The van der Waals surface area contributed by atoms with E-state index in [2.05, 4.69) is 55.0 Å².